The van der Waals surface area contributed by atoms with E-state index in [0.29, 0.717) is 30.3 Å². The van der Waals surface area contributed by atoms with E-state index in [4.69, 9.17) is 27.9 Å². The first kappa shape index (κ1) is 17.0. The van der Waals surface area contributed by atoms with E-state index in [-0.39, 0.29) is 16.9 Å². The predicted molar refractivity (Wildman–Crippen MR) is 84.5 cm³/mol. The summed E-state index contributed by atoms with van der Waals surface area (Å²) in [6.07, 6.45) is 0.730. The number of hydrogen-bond acceptors (Lipinski definition) is 3. The van der Waals surface area contributed by atoms with Gasteiger partial charge in [0.05, 0.1) is 17.6 Å². The van der Waals surface area contributed by atoms with Crippen LogP contribution in [-0.4, -0.2) is 38.5 Å². The lowest BCUT2D eigenvalue weighted by Gasteiger charge is -2.32. The van der Waals surface area contributed by atoms with Crippen LogP contribution in [0.25, 0.3) is 0 Å². The highest BCUT2D eigenvalue weighted by Gasteiger charge is 2.31. The molecule has 1 aliphatic heterocycles. The van der Waals surface area contributed by atoms with E-state index in [2.05, 4.69) is 0 Å². The van der Waals surface area contributed by atoms with Crippen LogP contribution in [0, 0.1) is 6.92 Å². The van der Waals surface area contributed by atoms with Crippen LogP contribution in [-0.2, 0) is 20.6 Å². The van der Waals surface area contributed by atoms with Gasteiger partial charge in [0.25, 0.3) is 0 Å². The summed E-state index contributed by atoms with van der Waals surface area (Å²) >= 11 is 11.9. The number of halogens is 2. The van der Waals surface area contributed by atoms with Gasteiger partial charge in [-0.1, -0.05) is 18.5 Å². The highest BCUT2D eigenvalue weighted by atomic mass is 35.5. The fourth-order valence-corrected chi connectivity index (χ4v) is 4.74. The molecule has 1 aromatic carbocycles. The number of ether oxygens (including phenoxy) is 1. The van der Waals surface area contributed by atoms with Crippen molar-refractivity contribution in [2.24, 2.45) is 0 Å². The third-order valence-electron chi connectivity index (χ3n) is 3.75. The van der Waals surface area contributed by atoms with Gasteiger partial charge in [0.15, 0.2) is 0 Å². The van der Waals surface area contributed by atoms with Crippen LogP contribution in [0.15, 0.2) is 17.0 Å². The Bertz CT molecular complexity index is 619. The number of hydrogen-bond donors (Lipinski definition) is 0. The molecule has 0 aliphatic carbocycles. The SMILES string of the molecule is CCC1CN(S(=O)(=O)c2cc(Cl)cc(CCl)c2C)CCO1. The minimum absolute atomic E-state index is 0.0551. The highest BCUT2D eigenvalue weighted by molar-refractivity contribution is 7.89. The Morgan fingerprint density at radius 1 is 1.43 bits per heavy atom. The van der Waals surface area contributed by atoms with Crippen molar-refractivity contribution in [3.05, 3.63) is 28.3 Å². The van der Waals surface area contributed by atoms with E-state index >= 15 is 0 Å². The maximum Gasteiger partial charge on any atom is 0.243 e. The minimum atomic E-state index is -3.58. The van der Waals surface area contributed by atoms with Crippen LogP contribution in [0.2, 0.25) is 5.02 Å². The Balaban J connectivity index is 2.42. The molecule has 0 aromatic heterocycles. The Hall–Kier alpha value is -0.330. The number of nitrogens with zero attached hydrogens (tertiary/aromatic N) is 1. The summed E-state index contributed by atoms with van der Waals surface area (Å²) in [5, 5.41) is 0.384. The van der Waals surface area contributed by atoms with Crippen molar-refractivity contribution in [2.75, 3.05) is 19.7 Å². The Morgan fingerprint density at radius 2 is 2.14 bits per heavy atom. The fourth-order valence-electron chi connectivity index (χ4n) is 2.41. The molecule has 1 heterocycles. The molecule has 2 rings (SSSR count). The van der Waals surface area contributed by atoms with Crippen LogP contribution < -0.4 is 0 Å². The van der Waals surface area contributed by atoms with Gasteiger partial charge in [0.2, 0.25) is 10.0 Å². The molecule has 1 unspecified atom stereocenters. The Labute approximate surface area is 136 Å². The van der Waals surface area contributed by atoms with Gasteiger partial charge < -0.3 is 4.74 Å². The van der Waals surface area contributed by atoms with Crippen LogP contribution in [0.5, 0.6) is 0 Å². The van der Waals surface area contributed by atoms with Gasteiger partial charge in [0.1, 0.15) is 0 Å². The van der Waals surface area contributed by atoms with Crippen molar-refractivity contribution < 1.29 is 13.2 Å². The molecule has 0 N–H and O–H groups in total. The maximum absolute atomic E-state index is 12.9. The average molecular weight is 352 g/mol. The van der Waals surface area contributed by atoms with E-state index in [1.807, 2.05) is 6.92 Å². The van der Waals surface area contributed by atoms with Gasteiger partial charge in [-0.15, -0.1) is 11.6 Å². The van der Waals surface area contributed by atoms with Gasteiger partial charge in [-0.2, -0.15) is 4.31 Å². The Morgan fingerprint density at radius 3 is 2.76 bits per heavy atom. The molecule has 1 fully saturated rings. The number of rotatable bonds is 4. The summed E-state index contributed by atoms with van der Waals surface area (Å²) in [7, 11) is -3.58. The molecular weight excluding hydrogens is 333 g/mol. The molecule has 1 saturated heterocycles. The highest BCUT2D eigenvalue weighted by Crippen LogP contribution is 2.29. The van der Waals surface area contributed by atoms with Gasteiger partial charge >= 0.3 is 0 Å². The normalized spacial score (nSPS) is 20.7. The monoisotopic (exact) mass is 351 g/mol. The molecule has 4 nitrogen and oxygen atoms in total. The minimum Gasteiger partial charge on any atom is -0.375 e. The standard InChI is InChI=1S/C14H19Cl2NO3S/c1-3-13-9-17(4-5-20-13)21(18,19)14-7-12(16)6-11(8-15)10(14)2/h6-7,13H,3-5,8-9H2,1-2H3. The first-order valence-corrected chi connectivity index (χ1v) is 9.22. The third kappa shape index (κ3) is 3.54. The zero-order valence-corrected chi connectivity index (χ0v) is 14.4. The summed E-state index contributed by atoms with van der Waals surface area (Å²) in [5.41, 5.74) is 1.40. The second-order valence-corrected chi connectivity index (χ2v) is 7.70. The lowest BCUT2D eigenvalue weighted by atomic mass is 10.1. The molecule has 0 saturated carbocycles. The summed E-state index contributed by atoms with van der Waals surface area (Å²) in [5.74, 6) is 0.232. The Kier molecular flexibility index (Phi) is 5.54. The number of morpholine rings is 1. The average Bonchev–Trinajstić information content (AvgIpc) is 2.49. The summed E-state index contributed by atoms with van der Waals surface area (Å²) in [6, 6.07) is 3.20. The molecule has 0 radical (unpaired) electrons. The molecule has 118 valence electrons. The quantitative estimate of drug-likeness (QED) is 0.782. The lowest BCUT2D eigenvalue weighted by Crippen LogP contribution is -2.45. The van der Waals surface area contributed by atoms with E-state index in [1.165, 1.54) is 10.4 Å². The largest absolute Gasteiger partial charge is 0.375 e. The van der Waals surface area contributed by atoms with Crippen molar-refractivity contribution >= 4 is 33.2 Å². The molecule has 1 aromatic rings. The smallest absolute Gasteiger partial charge is 0.243 e. The van der Waals surface area contributed by atoms with E-state index < -0.39 is 10.0 Å². The van der Waals surface area contributed by atoms with Crippen LogP contribution >= 0.6 is 23.2 Å². The van der Waals surface area contributed by atoms with E-state index in [9.17, 15) is 8.42 Å². The van der Waals surface area contributed by atoms with Gasteiger partial charge in [-0.05, 0) is 36.6 Å². The van der Waals surface area contributed by atoms with Crippen LogP contribution in [0.3, 0.4) is 0 Å². The van der Waals surface area contributed by atoms with Gasteiger partial charge in [0, 0.05) is 24.0 Å². The summed E-state index contributed by atoms with van der Waals surface area (Å²) in [6.45, 7) is 4.90. The first-order chi connectivity index (χ1) is 9.90. The van der Waals surface area contributed by atoms with Gasteiger partial charge in [-0.25, -0.2) is 8.42 Å². The van der Waals surface area contributed by atoms with Crippen LogP contribution in [0.4, 0.5) is 0 Å². The number of alkyl halides is 1. The summed E-state index contributed by atoms with van der Waals surface area (Å²) < 4.78 is 32.7. The molecule has 0 amide bonds. The van der Waals surface area contributed by atoms with E-state index in [0.717, 1.165) is 12.0 Å². The van der Waals surface area contributed by atoms with Crippen molar-refractivity contribution in [1.29, 1.82) is 0 Å². The van der Waals surface area contributed by atoms with Crippen molar-refractivity contribution in [2.45, 2.75) is 37.1 Å². The molecule has 0 bridgehead atoms. The summed E-state index contributed by atoms with van der Waals surface area (Å²) in [4.78, 5) is 0.238. The molecule has 1 atom stereocenters. The lowest BCUT2D eigenvalue weighted by molar-refractivity contribution is -0.00278. The number of sulfonamides is 1. The maximum atomic E-state index is 12.9. The van der Waals surface area contributed by atoms with Crippen molar-refractivity contribution in [3.63, 3.8) is 0 Å². The zero-order chi connectivity index (χ0) is 15.6. The third-order valence-corrected chi connectivity index (χ3v) is 6.25. The molecular formula is C14H19Cl2NO3S. The second kappa shape index (κ2) is 6.84. The van der Waals surface area contributed by atoms with E-state index in [1.54, 1.807) is 13.0 Å². The first-order valence-electron chi connectivity index (χ1n) is 6.86. The number of benzene rings is 1. The predicted octanol–water partition coefficient (Wildman–Crippen LogP) is 3.19. The molecule has 1 aliphatic rings. The fraction of sp³-hybridized carbons (Fsp3) is 0.571. The van der Waals surface area contributed by atoms with Gasteiger partial charge in [-0.3, -0.25) is 0 Å². The zero-order valence-electron chi connectivity index (χ0n) is 12.1. The topological polar surface area (TPSA) is 46.6 Å². The second-order valence-electron chi connectivity index (χ2n) is 5.09. The molecule has 7 heteroatoms. The molecule has 21 heavy (non-hydrogen) atoms. The molecule has 0 spiro atoms. The van der Waals surface area contributed by atoms with Crippen molar-refractivity contribution in [3.8, 4) is 0 Å². The van der Waals surface area contributed by atoms with Crippen molar-refractivity contribution in [1.82, 2.24) is 4.31 Å². The van der Waals surface area contributed by atoms with Crippen LogP contribution in [0.1, 0.15) is 24.5 Å².